The number of halogens is 1. The first kappa shape index (κ1) is 16.2. The topological polar surface area (TPSA) is 56.9 Å². The Morgan fingerprint density at radius 3 is 2.80 bits per heavy atom. The number of carbonyl (C=O) groups is 1. The van der Waals surface area contributed by atoms with E-state index in [1.54, 1.807) is 7.05 Å². The summed E-state index contributed by atoms with van der Waals surface area (Å²) < 4.78 is 0. The van der Waals surface area contributed by atoms with Gasteiger partial charge in [-0.15, -0.1) is 0 Å². The van der Waals surface area contributed by atoms with Crippen molar-refractivity contribution >= 4 is 28.4 Å². The Hall–Kier alpha value is -2.30. The number of benzene rings is 2. The van der Waals surface area contributed by atoms with Crippen LogP contribution in [0.4, 0.5) is 0 Å². The van der Waals surface area contributed by atoms with Gasteiger partial charge >= 0.3 is 0 Å². The molecular weight excluding hydrogens is 334 g/mol. The number of rotatable bonds is 2. The molecule has 25 heavy (non-hydrogen) atoms. The first-order chi connectivity index (χ1) is 12.1. The molecule has 2 atom stereocenters. The van der Waals surface area contributed by atoms with Gasteiger partial charge in [-0.05, 0) is 42.2 Å². The predicted octanol–water partition coefficient (Wildman–Crippen LogP) is 3.48. The number of H-pyrrole nitrogens is 1. The maximum atomic E-state index is 12.3. The van der Waals surface area contributed by atoms with Gasteiger partial charge in [-0.3, -0.25) is 10.1 Å². The van der Waals surface area contributed by atoms with Crippen LogP contribution in [0.5, 0.6) is 0 Å². The largest absolute Gasteiger partial charge is 0.358 e. The van der Waals surface area contributed by atoms with Crippen molar-refractivity contribution in [3.63, 3.8) is 0 Å². The van der Waals surface area contributed by atoms with Gasteiger partial charge in [-0.1, -0.05) is 41.9 Å². The lowest BCUT2D eigenvalue weighted by molar-refractivity contribution is -0.122. The fourth-order valence-corrected chi connectivity index (χ4v) is 4.03. The molecule has 1 aliphatic heterocycles. The average Bonchev–Trinajstić information content (AvgIpc) is 2.99. The van der Waals surface area contributed by atoms with E-state index in [1.807, 2.05) is 31.2 Å². The number of fused-ring (bicyclic) bond motifs is 3. The van der Waals surface area contributed by atoms with Gasteiger partial charge < -0.3 is 10.3 Å². The van der Waals surface area contributed by atoms with Crippen molar-refractivity contribution in [2.75, 3.05) is 7.05 Å². The third-order valence-electron chi connectivity index (χ3n) is 4.94. The van der Waals surface area contributed by atoms with Gasteiger partial charge in [0.1, 0.15) is 0 Å². The highest BCUT2D eigenvalue weighted by Gasteiger charge is 2.34. The summed E-state index contributed by atoms with van der Waals surface area (Å²) in [6.07, 6.45) is 0.652. The lowest BCUT2D eigenvalue weighted by atomic mass is 9.89. The molecule has 1 aromatic heterocycles. The fraction of sp³-hybridized carbons (Fsp3) is 0.250. The molecule has 0 saturated carbocycles. The van der Waals surface area contributed by atoms with E-state index in [0.717, 1.165) is 22.3 Å². The molecular formula is C20H20ClN3O. The van der Waals surface area contributed by atoms with E-state index in [9.17, 15) is 4.79 Å². The van der Waals surface area contributed by atoms with Gasteiger partial charge in [0.2, 0.25) is 5.91 Å². The highest BCUT2D eigenvalue weighted by Crippen LogP contribution is 2.37. The molecule has 2 heterocycles. The van der Waals surface area contributed by atoms with E-state index in [0.29, 0.717) is 11.4 Å². The van der Waals surface area contributed by atoms with Crippen molar-refractivity contribution < 1.29 is 4.79 Å². The van der Waals surface area contributed by atoms with Gasteiger partial charge in [-0.25, -0.2) is 0 Å². The number of hydrogen-bond donors (Lipinski definition) is 3. The van der Waals surface area contributed by atoms with E-state index in [1.165, 1.54) is 10.9 Å². The summed E-state index contributed by atoms with van der Waals surface area (Å²) in [6, 6.07) is 13.8. The Morgan fingerprint density at radius 2 is 2.04 bits per heavy atom. The Labute approximate surface area is 151 Å². The first-order valence-electron chi connectivity index (χ1n) is 8.41. The predicted molar refractivity (Wildman–Crippen MR) is 101 cm³/mol. The highest BCUT2D eigenvalue weighted by atomic mass is 35.5. The molecule has 1 amide bonds. The molecule has 0 unspecified atom stereocenters. The average molecular weight is 354 g/mol. The molecule has 0 bridgehead atoms. The van der Waals surface area contributed by atoms with Crippen LogP contribution in [0.2, 0.25) is 5.02 Å². The van der Waals surface area contributed by atoms with Gasteiger partial charge in [0.05, 0.1) is 12.1 Å². The Bertz CT molecular complexity index is 963. The summed E-state index contributed by atoms with van der Waals surface area (Å²) in [5, 5.41) is 8.10. The summed E-state index contributed by atoms with van der Waals surface area (Å²) in [4.78, 5) is 15.9. The van der Waals surface area contributed by atoms with E-state index < -0.39 is 0 Å². The van der Waals surface area contributed by atoms with Crippen molar-refractivity contribution in [2.24, 2.45) is 0 Å². The van der Waals surface area contributed by atoms with E-state index in [2.05, 4.69) is 33.8 Å². The highest BCUT2D eigenvalue weighted by molar-refractivity contribution is 6.31. The van der Waals surface area contributed by atoms with Crippen LogP contribution in [0, 0.1) is 6.92 Å². The molecule has 3 aromatic rings. The molecule has 0 fully saturated rings. The number of aromatic nitrogens is 1. The maximum Gasteiger partial charge on any atom is 0.237 e. The normalized spacial score (nSPS) is 19.6. The minimum Gasteiger partial charge on any atom is -0.358 e. The van der Waals surface area contributed by atoms with Crippen LogP contribution in [0.15, 0.2) is 42.5 Å². The third-order valence-corrected chi connectivity index (χ3v) is 5.27. The molecule has 4 nitrogen and oxygen atoms in total. The van der Waals surface area contributed by atoms with Gasteiger partial charge in [0.25, 0.3) is 0 Å². The van der Waals surface area contributed by atoms with Gasteiger partial charge in [-0.2, -0.15) is 0 Å². The van der Waals surface area contributed by atoms with Crippen LogP contribution in [-0.4, -0.2) is 24.0 Å². The summed E-state index contributed by atoms with van der Waals surface area (Å²) in [5.74, 6) is -0.0100. The second-order valence-electron chi connectivity index (χ2n) is 6.56. The Morgan fingerprint density at radius 1 is 1.24 bits per heavy atom. The number of aryl methyl sites for hydroxylation is 1. The number of amides is 1. The monoisotopic (exact) mass is 353 g/mol. The van der Waals surface area contributed by atoms with Crippen LogP contribution in [0.1, 0.15) is 28.4 Å². The number of hydrogen-bond acceptors (Lipinski definition) is 2. The van der Waals surface area contributed by atoms with Gasteiger partial charge in [0, 0.05) is 28.7 Å². The third kappa shape index (κ3) is 2.71. The molecule has 5 heteroatoms. The van der Waals surface area contributed by atoms with Crippen molar-refractivity contribution in [2.45, 2.75) is 25.4 Å². The fourth-order valence-electron chi connectivity index (χ4n) is 3.69. The summed E-state index contributed by atoms with van der Waals surface area (Å²) in [7, 11) is 1.67. The van der Waals surface area contributed by atoms with Gasteiger partial charge in [0.15, 0.2) is 0 Å². The van der Waals surface area contributed by atoms with Crippen LogP contribution in [0.25, 0.3) is 10.9 Å². The zero-order valence-corrected chi connectivity index (χ0v) is 14.9. The lowest BCUT2D eigenvalue weighted by Gasteiger charge is -2.31. The summed E-state index contributed by atoms with van der Waals surface area (Å²) in [6.45, 7) is 2.02. The summed E-state index contributed by atoms with van der Waals surface area (Å²) in [5.41, 5.74) is 5.45. The molecule has 0 saturated heterocycles. The minimum absolute atomic E-state index is 0.0100. The van der Waals surface area contributed by atoms with E-state index >= 15 is 0 Å². The molecule has 0 aliphatic carbocycles. The quantitative estimate of drug-likeness (QED) is 0.660. The number of nitrogens with one attached hydrogen (secondary N) is 3. The van der Waals surface area contributed by atoms with Crippen molar-refractivity contribution in [3.05, 3.63) is 69.9 Å². The van der Waals surface area contributed by atoms with E-state index in [-0.39, 0.29) is 18.0 Å². The SMILES string of the molecule is CNC(=O)[C@@H]1Cc2c([nH]c3ccccc23)[C@@H](c2ccc(C)cc2Cl)N1. The standard InChI is InChI=1S/C20H20ClN3O/c1-11-7-8-13(15(21)9-11)18-19-14(10-17(24-18)20(25)22-2)12-5-3-4-6-16(12)23-19/h3-9,17-18,23-24H,10H2,1-2H3,(H,22,25)/t17-,18+/m0/s1. The minimum atomic E-state index is -0.293. The van der Waals surface area contributed by atoms with Crippen LogP contribution >= 0.6 is 11.6 Å². The second kappa shape index (κ2) is 6.21. The molecule has 2 aromatic carbocycles. The van der Waals surface area contributed by atoms with Crippen molar-refractivity contribution in [3.8, 4) is 0 Å². The molecule has 3 N–H and O–H groups in total. The smallest absolute Gasteiger partial charge is 0.237 e. The molecule has 4 rings (SSSR count). The number of para-hydroxylation sites is 1. The number of carbonyl (C=O) groups excluding carboxylic acids is 1. The zero-order chi connectivity index (χ0) is 17.6. The molecule has 1 aliphatic rings. The van der Waals surface area contributed by atoms with Crippen LogP contribution in [-0.2, 0) is 11.2 Å². The molecule has 0 radical (unpaired) electrons. The van der Waals surface area contributed by atoms with Crippen LogP contribution in [0.3, 0.4) is 0 Å². The van der Waals surface area contributed by atoms with Crippen molar-refractivity contribution in [1.82, 2.24) is 15.6 Å². The van der Waals surface area contributed by atoms with Crippen molar-refractivity contribution in [1.29, 1.82) is 0 Å². The van der Waals surface area contributed by atoms with E-state index in [4.69, 9.17) is 11.6 Å². The van der Waals surface area contributed by atoms with Crippen LogP contribution < -0.4 is 10.6 Å². The number of likely N-dealkylation sites (N-methyl/N-ethyl adjacent to an activating group) is 1. The second-order valence-corrected chi connectivity index (χ2v) is 6.97. The maximum absolute atomic E-state index is 12.3. The molecule has 0 spiro atoms. The Kier molecular flexibility index (Phi) is 4.02. The first-order valence-corrected chi connectivity index (χ1v) is 8.79. The molecule has 128 valence electrons. The zero-order valence-electron chi connectivity index (χ0n) is 14.2. The lowest BCUT2D eigenvalue weighted by Crippen LogP contribution is -2.49. The number of aromatic amines is 1. The summed E-state index contributed by atoms with van der Waals surface area (Å²) >= 11 is 6.53. The Balaban J connectivity index is 1.90.